The number of carbonyl (C=O) groups is 1. The van der Waals surface area contributed by atoms with Gasteiger partial charge in [0.2, 0.25) is 5.95 Å². The topological polar surface area (TPSA) is 64.1 Å². The molecule has 0 saturated carbocycles. The lowest BCUT2D eigenvalue weighted by atomic mass is 10.5. The first-order valence-corrected chi connectivity index (χ1v) is 4.37. The third kappa shape index (κ3) is 3.95. The van der Waals surface area contributed by atoms with Crippen molar-refractivity contribution in [2.24, 2.45) is 0 Å². The Balaban J connectivity index is 2.35. The minimum absolute atomic E-state index is 0.0237. The van der Waals surface area contributed by atoms with Crippen LogP contribution < -0.4 is 5.32 Å². The Hall–Kier alpha value is -1.49. The molecule has 1 N–H and O–H groups in total. The minimum Gasteiger partial charge on any atom is -0.369 e. The lowest BCUT2D eigenvalue weighted by molar-refractivity contribution is -0.122. The van der Waals surface area contributed by atoms with Crippen LogP contribution >= 0.6 is 0 Å². The zero-order chi connectivity index (χ0) is 10.4. The molecular formula is C9H13N3O2. The number of nitrogens with one attached hydrogen (secondary N) is 1. The number of nitrogens with zero attached hydrogens (tertiary/aromatic N) is 2. The first-order chi connectivity index (χ1) is 6.68. The summed E-state index contributed by atoms with van der Waals surface area (Å²) in [4.78, 5) is 18.9. The average molecular weight is 195 g/mol. The maximum atomic E-state index is 11.2. The van der Waals surface area contributed by atoms with Gasteiger partial charge in [0.25, 0.3) is 5.91 Å². The number of ether oxygens (including phenoxy) is 1. The summed E-state index contributed by atoms with van der Waals surface area (Å²) in [5, 5.41) is 2.51. The van der Waals surface area contributed by atoms with Gasteiger partial charge < -0.3 is 4.74 Å². The monoisotopic (exact) mass is 195 g/mol. The van der Waals surface area contributed by atoms with Gasteiger partial charge in [-0.15, -0.1) is 0 Å². The molecule has 0 atom stereocenters. The van der Waals surface area contributed by atoms with E-state index in [0.29, 0.717) is 5.95 Å². The minimum atomic E-state index is -0.245. The summed E-state index contributed by atoms with van der Waals surface area (Å²) in [6, 6.07) is 1.68. The maximum absolute atomic E-state index is 11.2. The molecular weight excluding hydrogens is 182 g/mol. The molecule has 1 amide bonds. The molecule has 0 aromatic carbocycles. The highest BCUT2D eigenvalue weighted by atomic mass is 16.5. The fourth-order valence-corrected chi connectivity index (χ4v) is 0.767. The molecule has 0 unspecified atom stereocenters. The summed E-state index contributed by atoms with van der Waals surface area (Å²) in [7, 11) is 0. The van der Waals surface area contributed by atoms with Gasteiger partial charge in [-0.1, -0.05) is 0 Å². The number of hydrogen-bond donors (Lipinski definition) is 1. The van der Waals surface area contributed by atoms with Gasteiger partial charge in [0.05, 0.1) is 6.10 Å². The van der Waals surface area contributed by atoms with Crippen LogP contribution in [0.25, 0.3) is 0 Å². The Morgan fingerprint density at radius 1 is 1.50 bits per heavy atom. The van der Waals surface area contributed by atoms with Crippen molar-refractivity contribution >= 4 is 11.9 Å². The molecule has 1 rings (SSSR count). The van der Waals surface area contributed by atoms with Gasteiger partial charge in [0.1, 0.15) is 6.61 Å². The highest BCUT2D eigenvalue weighted by molar-refractivity contribution is 5.89. The van der Waals surface area contributed by atoms with Gasteiger partial charge in [-0.25, -0.2) is 9.97 Å². The van der Waals surface area contributed by atoms with Crippen molar-refractivity contribution in [3.05, 3.63) is 18.5 Å². The third-order valence-corrected chi connectivity index (χ3v) is 1.36. The molecule has 0 aliphatic heterocycles. The third-order valence-electron chi connectivity index (χ3n) is 1.36. The molecule has 0 radical (unpaired) electrons. The predicted octanol–water partition coefficient (Wildman–Crippen LogP) is 0.840. The normalized spacial score (nSPS) is 10.2. The summed E-state index contributed by atoms with van der Waals surface area (Å²) < 4.78 is 5.11. The summed E-state index contributed by atoms with van der Waals surface area (Å²) in [6.45, 7) is 3.76. The molecule has 14 heavy (non-hydrogen) atoms. The van der Waals surface area contributed by atoms with Crippen LogP contribution in [0.4, 0.5) is 5.95 Å². The molecule has 0 bridgehead atoms. The van der Waals surface area contributed by atoms with Crippen molar-refractivity contribution in [1.29, 1.82) is 0 Å². The van der Waals surface area contributed by atoms with Crippen LogP contribution in [0.15, 0.2) is 18.5 Å². The van der Waals surface area contributed by atoms with Gasteiger partial charge in [-0.05, 0) is 19.9 Å². The first kappa shape index (κ1) is 10.6. The standard InChI is InChI=1S/C9H13N3O2/c1-7(2)14-6-8(13)12-9-10-4-3-5-11-9/h3-5,7H,6H2,1-2H3,(H,10,11,12,13). The molecule has 76 valence electrons. The second kappa shape index (κ2) is 5.29. The van der Waals surface area contributed by atoms with Crippen LogP contribution in [0.3, 0.4) is 0 Å². The predicted molar refractivity (Wildman–Crippen MR) is 51.7 cm³/mol. The van der Waals surface area contributed by atoms with E-state index in [1.165, 1.54) is 0 Å². The van der Waals surface area contributed by atoms with E-state index in [-0.39, 0.29) is 18.6 Å². The number of carbonyl (C=O) groups excluding carboxylic acids is 1. The van der Waals surface area contributed by atoms with E-state index in [0.717, 1.165) is 0 Å². The van der Waals surface area contributed by atoms with Crippen LogP contribution in [0, 0.1) is 0 Å². The SMILES string of the molecule is CC(C)OCC(=O)Nc1ncccn1. The van der Waals surface area contributed by atoms with E-state index in [1.54, 1.807) is 18.5 Å². The Morgan fingerprint density at radius 2 is 2.14 bits per heavy atom. The van der Waals surface area contributed by atoms with Crippen molar-refractivity contribution in [2.45, 2.75) is 20.0 Å². The van der Waals surface area contributed by atoms with E-state index in [9.17, 15) is 4.79 Å². The van der Waals surface area contributed by atoms with E-state index >= 15 is 0 Å². The van der Waals surface area contributed by atoms with Crippen molar-refractivity contribution in [3.8, 4) is 0 Å². The summed E-state index contributed by atoms with van der Waals surface area (Å²) in [5.41, 5.74) is 0. The second-order valence-electron chi connectivity index (χ2n) is 2.98. The van der Waals surface area contributed by atoms with Gasteiger partial charge in [-0.3, -0.25) is 10.1 Å². The molecule has 5 nitrogen and oxygen atoms in total. The van der Waals surface area contributed by atoms with Crippen LogP contribution in [0.2, 0.25) is 0 Å². The number of amides is 1. The molecule has 5 heteroatoms. The average Bonchev–Trinajstić information content (AvgIpc) is 2.16. The molecule has 1 aromatic heterocycles. The lowest BCUT2D eigenvalue weighted by Crippen LogP contribution is -2.21. The van der Waals surface area contributed by atoms with Gasteiger partial charge in [0, 0.05) is 12.4 Å². The highest BCUT2D eigenvalue weighted by Crippen LogP contribution is 1.94. The molecule has 0 saturated heterocycles. The second-order valence-corrected chi connectivity index (χ2v) is 2.98. The zero-order valence-corrected chi connectivity index (χ0v) is 8.23. The van der Waals surface area contributed by atoms with Gasteiger partial charge in [0.15, 0.2) is 0 Å². The van der Waals surface area contributed by atoms with E-state index in [1.807, 2.05) is 13.8 Å². The molecule has 1 aromatic rings. The number of hydrogen-bond acceptors (Lipinski definition) is 4. The van der Waals surface area contributed by atoms with Crippen LogP contribution in [0.1, 0.15) is 13.8 Å². The summed E-state index contributed by atoms with van der Waals surface area (Å²) >= 11 is 0. The van der Waals surface area contributed by atoms with Crippen LogP contribution in [-0.4, -0.2) is 28.6 Å². The van der Waals surface area contributed by atoms with Crippen molar-refractivity contribution < 1.29 is 9.53 Å². The molecule has 1 heterocycles. The molecule has 0 aliphatic carbocycles. The summed E-state index contributed by atoms with van der Waals surface area (Å²) in [6.07, 6.45) is 3.16. The molecule has 0 aliphatic rings. The molecule has 0 spiro atoms. The number of aromatic nitrogens is 2. The lowest BCUT2D eigenvalue weighted by Gasteiger charge is -2.06. The smallest absolute Gasteiger partial charge is 0.252 e. The largest absolute Gasteiger partial charge is 0.369 e. The number of anilines is 1. The zero-order valence-electron chi connectivity index (χ0n) is 8.23. The Bertz CT molecular complexity index is 287. The Morgan fingerprint density at radius 3 is 2.71 bits per heavy atom. The van der Waals surface area contributed by atoms with Gasteiger partial charge >= 0.3 is 0 Å². The highest BCUT2D eigenvalue weighted by Gasteiger charge is 2.04. The van der Waals surface area contributed by atoms with Gasteiger partial charge in [-0.2, -0.15) is 0 Å². The van der Waals surface area contributed by atoms with E-state index in [2.05, 4.69) is 15.3 Å². The van der Waals surface area contributed by atoms with Crippen LogP contribution in [0.5, 0.6) is 0 Å². The summed E-state index contributed by atoms with van der Waals surface area (Å²) in [5.74, 6) is 0.0507. The van der Waals surface area contributed by atoms with Crippen molar-refractivity contribution in [3.63, 3.8) is 0 Å². The Kier molecular flexibility index (Phi) is 4.00. The van der Waals surface area contributed by atoms with E-state index < -0.39 is 0 Å². The van der Waals surface area contributed by atoms with Crippen molar-refractivity contribution in [2.75, 3.05) is 11.9 Å². The van der Waals surface area contributed by atoms with Crippen molar-refractivity contribution in [1.82, 2.24) is 9.97 Å². The van der Waals surface area contributed by atoms with E-state index in [4.69, 9.17) is 4.74 Å². The molecule has 0 fully saturated rings. The first-order valence-electron chi connectivity index (χ1n) is 4.37. The number of rotatable bonds is 4. The fourth-order valence-electron chi connectivity index (χ4n) is 0.767. The quantitative estimate of drug-likeness (QED) is 0.773. The maximum Gasteiger partial charge on any atom is 0.252 e. The fraction of sp³-hybridized carbons (Fsp3) is 0.444. The van der Waals surface area contributed by atoms with Crippen LogP contribution in [-0.2, 0) is 9.53 Å². The Labute approximate surface area is 82.5 Å².